The molecule has 0 N–H and O–H groups in total. The quantitative estimate of drug-likeness (QED) is 0.0196. The van der Waals surface area contributed by atoms with Crippen molar-refractivity contribution in [1.82, 2.24) is 0 Å². The van der Waals surface area contributed by atoms with Crippen molar-refractivity contribution in [3.63, 3.8) is 0 Å². The zero-order valence-electron chi connectivity index (χ0n) is 59.5. The Morgan fingerprint density at radius 1 is 0.412 bits per heavy atom. The molecule has 0 aliphatic carbocycles. The number of hydrogen-bond donors (Lipinski definition) is 0. The molecule has 27 heteroatoms. The lowest BCUT2D eigenvalue weighted by Gasteiger charge is -2.39. The van der Waals surface area contributed by atoms with E-state index in [2.05, 4.69) is 76.8 Å². The van der Waals surface area contributed by atoms with Crippen molar-refractivity contribution in [2.75, 3.05) is 59.5 Å². The van der Waals surface area contributed by atoms with E-state index in [0.717, 1.165) is 24.6 Å². The molecule has 2 rings (SSSR count). The fourth-order valence-electron chi connectivity index (χ4n) is 10.1. The first-order valence-electron chi connectivity index (χ1n) is 33.0. The Hall–Kier alpha value is -6.52. The third-order valence-electron chi connectivity index (χ3n) is 15.2. The normalized spacial score (nSPS) is 14.1. The van der Waals surface area contributed by atoms with Gasteiger partial charge in [-0.15, -0.1) is 0 Å². The van der Waals surface area contributed by atoms with Gasteiger partial charge in [0.05, 0.1) is 38.6 Å². The zero-order chi connectivity index (χ0) is 72.8. The molecule has 0 spiro atoms. The van der Waals surface area contributed by atoms with E-state index in [-0.39, 0.29) is 114 Å². The second-order valence-corrected chi connectivity index (χ2v) is 43.9. The van der Waals surface area contributed by atoms with Crippen LogP contribution in [-0.2, 0) is 102 Å². The van der Waals surface area contributed by atoms with Crippen LogP contribution in [0.4, 0.5) is 0 Å². The topological polar surface area (TPSA) is 266 Å². The SMILES string of the molecule is C=CC(=O)OCCC(CCOC(=O)C(=C)C)O[Si](C)(CC[Si](CCCCO[Si](C)(C)O[Si](C)(C)CC[Si](C)(OC(COC(=O)CC)COC(=O)C(=C)C)OC(COC(=O)CC)COC(=O)C(=C)C)(c1ccccc1)c1ccccc1)OC(CCOC(=O)C=C)CCOC(=O)C(=C)C. The minimum atomic E-state index is -3.58. The van der Waals surface area contributed by atoms with Crippen LogP contribution >= 0.6 is 0 Å². The highest BCUT2D eigenvalue weighted by Gasteiger charge is 2.46. The van der Waals surface area contributed by atoms with Gasteiger partial charge in [0, 0.05) is 79.6 Å². The summed E-state index contributed by atoms with van der Waals surface area (Å²) in [4.78, 5) is 100. The van der Waals surface area contributed by atoms with E-state index < -0.39 is 114 Å². The average molecular weight is 1440 g/mol. The first-order chi connectivity index (χ1) is 45.7. The summed E-state index contributed by atoms with van der Waals surface area (Å²) in [7, 11) is -15.6. The van der Waals surface area contributed by atoms with Crippen molar-refractivity contribution in [1.29, 1.82) is 0 Å². The maximum absolute atomic E-state index is 12.7. The lowest BCUT2D eigenvalue weighted by molar-refractivity contribution is -0.152. The maximum atomic E-state index is 12.7. The number of esters is 8. The third kappa shape index (κ3) is 35.2. The molecule has 0 amide bonds. The van der Waals surface area contributed by atoms with Gasteiger partial charge in [0.1, 0.15) is 46.7 Å². The van der Waals surface area contributed by atoms with Crippen molar-refractivity contribution in [2.24, 2.45) is 0 Å². The van der Waals surface area contributed by atoms with Crippen LogP contribution in [0.3, 0.4) is 0 Å². The van der Waals surface area contributed by atoms with Gasteiger partial charge < -0.3 is 64.1 Å². The summed E-state index contributed by atoms with van der Waals surface area (Å²) in [5, 5.41) is 2.38. The van der Waals surface area contributed by atoms with E-state index in [1.807, 2.05) is 56.0 Å². The number of ether oxygens (including phenoxy) is 8. The Kier molecular flexibility index (Phi) is 39.7. The molecule has 0 aliphatic heterocycles. The van der Waals surface area contributed by atoms with Gasteiger partial charge in [-0.05, 0) is 104 Å². The lowest BCUT2D eigenvalue weighted by Crippen LogP contribution is -2.59. The summed E-state index contributed by atoms with van der Waals surface area (Å²) in [6.45, 7) is 42.3. The monoisotopic (exact) mass is 1440 g/mol. The van der Waals surface area contributed by atoms with Crippen LogP contribution in [0.25, 0.3) is 0 Å². The molecule has 540 valence electrons. The van der Waals surface area contributed by atoms with E-state index in [1.165, 1.54) is 24.2 Å². The Balaban J connectivity index is 2.65. The van der Waals surface area contributed by atoms with E-state index >= 15 is 0 Å². The maximum Gasteiger partial charge on any atom is 0.335 e. The molecule has 0 aromatic heterocycles. The molecular formula is C70H108O22Si5. The number of rotatable bonds is 52. The summed E-state index contributed by atoms with van der Waals surface area (Å²) in [5.41, 5.74) is 0.761. The summed E-state index contributed by atoms with van der Waals surface area (Å²) < 4.78 is 86.0. The van der Waals surface area contributed by atoms with Crippen molar-refractivity contribution < 1.29 is 102 Å². The largest absolute Gasteiger partial charge is 0.463 e. The van der Waals surface area contributed by atoms with Crippen molar-refractivity contribution in [3.05, 3.63) is 135 Å². The smallest absolute Gasteiger partial charge is 0.335 e. The summed E-state index contributed by atoms with van der Waals surface area (Å²) >= 11 is 0. The minimum absolute atomic E-state index is 0.0327. The summed E-state index contributed by atoms with van der Waals surface area (Å²) in [6.07, 6.45) is 1.34. The first kappa shape index (κ1) is 86.6. The second kappa shape index (κ2) is 44.5. The fourth-order valence-corrected chi connectivity index (χ4v) is 32.8. The molecule has 0 fully saturated rings. The van der Waals surface area contributed by atoms with Gasteiger partial charge in [-0.1, -0.05) is 131 Å². The van der Waals surface area contributed by atoms with E-state index in [4.69, 9.17) is 64.1 Å². The highest BCUT2D eigenvalue weighted by Crippen LogP contribution is 2.33. The average Bonchev–Trinajstić information content (AvgIpc) is 0.778. The molecular weight excluding hydrogens is 1330 g/mol. The molecule has 97 heavy (non-hydrogen) atoms. The molecule has 0 heterocycles. The van der Waals surface area contributed by atoms with Gasteiger partial charge in [0.2, 0.25) is 0 Å². The Morgan fingerprint density at radius 2 is 0.753 bits per heavy atom. The van der Waals surface area contributed by atoms with Crippen LogP contribution in [0.5, 0.6) is 0 Å². The van der Waals surface area contributed by atoms with Gasteiger partial charge >= 0.3 is 73.4 Å². The number of carbonyl (C=O) groups is 8. The molecule has 4 atom stereocenters. The van der Waals surface area contributed by atoms with Crippen LogP contribution in [-0.4, -0.2) is 174 Å². The van der Waals surface area contributed by atoms with Crippen LogP contribution in [0.2, 0.25) is 69.5 Å². The molecule has 0 saturated heterocycles. The Bertz CT molecular complexity index is 2760. The van der Waals surface area contributed by atoms with Gasteiger partial charge in [0.15, 0.2) is 8.32 Å². The fraction of sp³-hybridized carbons (Fsp3) is 0.543. The van der Waals surface area contributed by atoms with Crippen LogP contribution in [0.1, 0.15) is 92.9 Å². The number of unbranched alkanes of at least 4 members (excludes halogenated alkanes) is 1. The van der Waals surface area contributed by atoms with Gasteiger partial charge in [-0.3, -0.25) is 9.59 Å². The van der Waals surface area contributed by atoms with Crippen LogP contribution in [0, 0.1) is 0 Å². The van der Waals surface area contributed by atoms with E-state index in [0.29, 0.717) is 37.2 Å². The molecule has 0 aliphatic rings. The van der Waals surface area contributed by atoms with Crippen molar-refractivity contribution in [2.45, 2.75) is 187 Å². The van der Waals surface area contributed by atoms with E-state index in [9.17, 15) is 38.4 Å². The van der Waals surface area contributed by atoms with Gasteiger partial charge in [-0.25, -0.2) is 28.8 Å². The van der Waals surface area contributed by atoms with Gasteiger partial charge in [0.25, 0.3) is 0 Å². The van der Waals surface area contributed by atoms with Crippen LogP contribution in [0.15, 0.2) is 135 Å². The number of benzene rings is 2. The van der Waals surface area contributed by atoms with Gasteiger partial charge in [-0.2, -0.15) is 0 Å². The Morgan fingerprint density at radius 3 is 1.11 bits per heavy atom. The molecule has 4 unspecified atom stereocenters. The molecule has 22 nitrogen and oxygen atoms in total. The Labute approximate surface area is 580 Å². The van der Waals surface area contributed by atoms with Crippen LogP contribution < -0.4 is 10.4 Å². The number of carbonyl (C=O) groups excluding carboxylic acids is 8. The summed E-state index contributed by atoms with van der Waals surface area (Å²) in [6, 6.07) is 23.5. The highest BCUT2D eigenvalue weighted by molar-refractivity contribution is 7.02. The highest BCUT2D eigenvalue weighted by atomic mass is 28.4. The lowest BCUT2D eigenvalue weighted by atomic mass is 10.2. The minimum Gasteiger partial charge on any atom is -0.463 e. The first-order valence-corrected chi connectivity index (χ1v) is 46.4. The van der Waals surface area contributed by atoms with Crippen molar-refractivity contribution >= 4 is 100 Å². The molecule has 2 aromatic rings. The predicted molar refractivity (Wildman–Crippen MR) is 382 cm³/mol. The van der Waals surface area contributed by atoms with Crippen molar-refractivity contribution in [3.8, 4) is 0 Å². The zero-order valence-corrected chi connectivity index (χ0v) is 64.5. The third-order valence-corrected chi connectivity index (χ3v) is 33.5. The summed E-state index contributed by atoms with van der Waals surface area (Å²) in [5.74, 6) is -4.71. The molecule has 0 bridgehead atoms. The molecule has 0 saturated carbocycles. The van der Waals surface area contributed by atoms with E-state index in [1.54, 1.807) is 34.2 Å². The molecule has 0 radical (unpaired) electrons. The number of hydrogen-bond acceptors (Lipinski definition) is 22. The molecule has 2 aromatic carbocycles. The predicted octanol–water partition coefficient (Wildman–Crippen LogP) is 11.1. The standard InChI is InChI=1S/C70H108O22Si5/c1-19-63(71)79-40-35-57(37-42-81-67(75)53(5)6)88-96(18,89-58(36-41-80-64(72)20-2)38-43-82-68(76)54(7)8)47-48-97(61-31-25-23-26-32-61,62-33-27-24-28-34-62)44-30-29-39-87-94(15,16)92-93(13,14)45-46-95(17,90-59(49-83-65(73)21-3)51-85-69(77)55(9)10)91-60(50-84-66(74)22-4)52-86-70(78)56(11)12/h19-20,23-28,31-34,57-60H,1-2,5,7,9,11,21-22,29-30,35-52H2,3-4,6,8,10,12-18H3. The second-order valence-electron chi connectivity index (χ2n) is 25.2.